The van der Waals surface area contributed by atoms with E-state index in [1.54, 1.807) is 0 Å². The number of nitrogens with zero attached hydrogens (tertiary/aromatic N) is 2. The smallest absolute Gasteiger partial charge is 0.0666 e. The average molecular weight is 221 g/mol. The zero-order valence-corrected chi connectivity index (χ0v) is 10.7. The van der Waals surface area contributed by atoms with Gasteiger partial charge in [0.1, 0.15) is 0 Å². The highest BCUT2D eigenvalue weighted by atomic mass is 15.3. The Morgan fingerprint density at radius 3 is 2.88 bits per heavy atom. The van der Waals surface area contributed by atoms with Crippen molar-refractivity contribution >= 4 is 0 Å². The minimum absolute atomic E-state index is 0.652. The largest absolute Gasteiger partial charge is 0.310 e. The number of hydrogen-bond acceptors (Lipinski definition) is 2. The van der Waals surface area contributed by atoms with Gasteiger partial charge < -0.3 is 5.32 Å². The molecule has 90 valence electrons. The van der Waals surface area contributed by atoms with Gasteiger partial charge >= 0.3 is 0 Å². The van der Waals surface area contributed by atoms with Crippen LogP contribution >= 0.6 is 0 Å². The van der Waals surface area contributed by atoms with Crippen LogP contribution in [-0.4, -0.2) is 15.8 Å². The lowest BCUT2D eigenvalue weighted by Crippen LogP contribution is -2.36. The summed E-state index contributed by atoms with van der Waals surface area (Å²) in [7, 11) is 2.00. The lowest BCUT2D eigenvalue weighted by Gasteiger charge is -2.32. The summed E-state index contributed by atoms with van der Waals surface area (Å²) in [5.74, 6) is 0.904. The predicted octanol–water partition coefficient (Wildman–Crippen LogP) is 2.26. The quantitative estimate of drug-likeness (QED) is 0.826. The lowest BCUT2D eigenvalue weighted by atomic mass is 9.80. The highest BCUT2D eigenvalue weighted by Gasteiger charge is 2.23. The molecule has 1 N–H and O–H groups in total. The van der Waals surface area contributed by atoms with Crippen molar-refractivity contribution < 1.29 is 0 Å². The molecule has 3 nitrogen and oxygen atoms in total. The summed E-state index contributed by atoms with van der Waals surface area (Å²) in [6.45, 7) is 5.45. The summed E-state index contributed by atoms with van der Waals surface area (Å²) >= 11 is 0. The molecular weight excluding hydrogens is 198 g/mol. The average Bonchev–Trinajstić information content (AvgIpc) is 2.53. The van der Waals surface area contributed by atoms with Gasteiger partial charge in [-0.2, -0.15) is 5.10 Å². The van der Waals surface area contributed by atoms with Crippen LogP contribution in [0.15, 0.2) is 6.20 Å². The SMILES string of the molecule is CCc1nn(C)cc1CNC(C)C1CCC1. The minimum Gasteiger partial charge on any atom is -0.310 e. The summed E-state index contributed by atoms with van der Waals surface area (Å²) in [6.07, 6.45) is 7.39. The number of nitrogens with one attached hydrogen (secondary N) is 1. The zero-order valence-electron chi connectivity index (χ0n) is 10.7. The van der Waals surface area contributed by atoms with Gasteiger partial charge in [0, 0.05) is 31.4 Å². The van der Waals surface area contributed by atoms with E-state index in [0.717, 1.165) is 18.9 Å². The molecule has 1 saturated carbocycles. The molecule has 1 fully saturated rings. The molecule has 1 aromatic rings. The molecule has 0 saturated heterocycles. The lowest BCUT2D eigenvalue weighted by molar-refractivity contribution is 0.240. The van der Waals surface area contributed by atoms with Crippen molar-refractivity contribution in [2.75, 3.05) is 0 Å². The van der Waals surface area contributed by atoms with Gasteiger partial charge in [0.15, 0.2) is 0 Å². The standard InChI is InChI=1S/C13H23N3/c1-4-13-12(9-16(3)15-13)8-14-10(2)11-6-5-7-11/h9-11,14H,4-8H2,1-3H3. The van der Waals surface area contributed by atoms with Crippen LogP contribution in [0.2, 0.25) is 0 Å². The zero-order chi connectivity index (χ0) is 11.5. The van der Waals surface area contributed by atoms with Gasteiger partial charge in [-0.1, -0.05) is 13.3 Å². The molecule has 0 aromatic carbocycles. The van der Waals surface area contributed by atoms with Crippen molar-refractivity contribution in [3.8, 4) is 0 Å². The first-order chi connectivity index (χ1) is 7.70. The van der Waals surface area contributed by atoms with Crippen LogP contribution in [0.25, 0.3) is 0 Å². The molecule has 1 unspecified atom stereocenters. The van der Waals surface area contributed by atoms with Crippen molar-refractivity contribution in [2.24, 2.45) is 13.0 Å². The summed E-state index contributed by atoms with van der Waals surface area (Å²) < 4.78 is 1.92. The third kappa shape index (κ3) is 2.46. The number of hydrogen-bond donors (Lipinski definition) is 1. The van der Waals surface area contributed by atoms with Crippen molar-refractivity contribution in [3.05, 3.63) is 17.5 Å². The maximum atomic E-state index is 4.46. The van der Waals surface area contributed by atoms with Crippen LogP contribution in [0.1, 0.15) is 44.4 Å². The fourth-order valence-electron chi connectivity index (χ4n) is 2.41. The van der Waals surface area contributed by atoms with Gasteiger partial charge in [-0.25, -0.2) is 0 Å². The Morgan fingerprint density at radius 2 is 2.31 bits per heavy atom. The maximum absolute atomic E-state index is 4.46. The first-order valence-corrected chi connectivity index (χ1v) is 6.45. The van der Waals surface area contributed by atoms with Crippen LogP contribution in [0.5, 0.6) is 0 Å². The highest BCUT2D eigenvalue weighted by molar-refractivity contribution is 5.16. The molecule has 3 heteroatoms. The molecule has 0 amide bonds. The van der Waals surface area contributed by atoms with Crippen LogP contribution < -0.4 is 5.32 Å². The number of aromatic nitrogens is 2. The Morgan fingerprint density at radius 1 is 1.56 bits per heavy atom. The third-order valence-corrected chi connectivity index (χ3v) is 3.80. The van der Waals surface area contributed by atoms with Gasteiger partial charge in [0.05, 0.1) is 5.69 Å². The first kappa shape index (κ1) is 11.6. The molecule has 0 bridgehead atoms. The Balaban J connectivity index is 1.87. The fraction of sp³-hybridized carbons (Fsp3) is 0.769. The normalized spacial score (nSPS) is 18.4. The van der Waals surface area contributed by atoms with E-state index in [1.807, 2.05) is 11.7 Å². The van der Waals surface area contributed by atoms with E-state index in [9.17, 15) is 0 Å². The third-order valence-electron chi connectivity index (χ3n) is 3.80. The monoisotopic (exact) mass is 221 g/mol. The van der Waals surface area contributed by atoms with Gasteiger partial charge in [-0.05, 0) is 32.1 Å². The van der Waals surface area contributed by atoms with E-state index in [0.29, 0.717) is 6.04 Å². The molecule has 0 spiro atoms. The second kappa shape index (κ2) is 5.00. The van der Waals surface area contributed by atoms with E-state index in [1.165, 1.54) is 30.5 Å². The molecule has 1 aromatic heterocycles. The molecule has 1 heterocycles. The summed E-state index contributed by atoms with van der Waals surface area (Å²) in [5, 5.41) is 8.10. The highest BCUT2D eigenvalue weighted by Crippen LogP contribution is 2.29. The summed E-state index contributed by atoms with van der Waals surface area (Å²) in [5.41, 5.74) is 2.59. The molecule has 0 aliphatic heterocycles. The molecule has 1 aliphatic rings. The second-order valence-corrected chi connectivity index (χ2v) is 4.99. The van der Waals surface area contributed by atoms with Crippen LogP contribution in [0.4, 0.5) is 0 Å². The summed E-state index contributed by atoms with van der Waals surface area (Å²) in [4.78, 5) is 0. The second-order valence-electron chi connectivity index (χ2n) is 4.99. The molecule has 0 radical (unpaired) electrons. The molecular formula is C13H23N3. The van der Waals surface area contributed by atoms with Crippen LogP contribution in [0.3, 0.4) is 0 Å². The molecule has 2 rings (SSSR count). The maximum Gasteiger partial charge on any atom is 0.0666 e. The molecule has 1 aliphatic carbocycles. The predicted molar refractivity (Wildman–Crippen MR) is 66.2 cm³/mol. The Kier molecular flexibility index (Phi) is 3.64. The van der Waals surface area contributed by atoms with Gasteiger partial charge in [0.25, 0.3) is 0 Å². The van der Waals surface area contributed by atoms with Crippen molar-refractivity contribution in [2.45, 2.75) is 52.1 Å². The van der Waals surface area contributed by atoms with Crippen molar-refractivity contribution in [1.82, 2.24) is 15.1 Å². The molecule has 1 atom stereocenters. The topological polar surface area (TPSA) is 29.9 Å². The van der Waals surface area contributed by atoms with Crippen molar-refractivity contribution in [1.29, 1.82) is 0 Å². The van der Waals surface area contributed by atoms with E-state index >= 15 is 0 Å². The van der Waals surface area contributed by atoms with Crippen LogP contribution in [-0.2, 0) is 20.0 Å². The van der Waals surface area contributed by atoms with Gasteiger partial charge in [-0.15, -0.1) is 0 Å². The fourth-order valence-corrected chi connectivity index (χ4v) is 2.41. The van der Waals surface area contributed by atoms with E-state index < -0.39 is 0 Å². The van der Waals surface area contributed by atoms with Crippen molar-refractivity contribution in [3.63, 3.8) is 0 Å². The number of rotatable bonds is 5. The van der Waals surface area contributed by atoms with E-state index in [-0.39, 0.29) is 0 Å². The number of aryl methyl sites for hydroxylation is 2. The first-order valence-electron chi connectivity index (χ1n) is 6.45. The van der Waals surface area contributed by atoms with E-state index in [2.05, 4.69) is 30.5 Å². The van der Waals surface area contributed by atoms with Gasteiger partial charge in [0.2, 0.25) is 0 Å². The Bertz CT molecular complexity index is 339. The summed E-state index contributed by atoms with van der Waals surface area (Å²) in [6, 6.07) is 0.652. The van der Waals surface area contributed by atoms with Crippen LogP contribution in [0, 0.1) is 5.92 Å². The van der Waals surface area contributed by atoms with E-state index in [4.69, 9.17) is 0 Å². The minimum atomic E-state index is 0.652. The Hall–Kier alpha value is -0.830. The van der Waals surface area contributed by atoms with Gasteiger partial charge in [-0.3, -0.25) is 4.68 Å². The molecule has 16 heavy (non-hydrogen) atoms. The Labute approximate surface area is 98.2 Å².